The topological polar surface area (TPSA) is 88.3 Å². The third kappa shape index (κ3) is 6.01. The fourth-order valence-electron chi connectivity index (χ4n) is 5.31. The Morgan fingerprint density at radius 1 is 1.00 bits per heavy atom. The predicted octanol–water partition coefficient (Wildman–Crippen LogP) is 7.41. The van der Waals surface area contributed by atoms with E-state index in [-0.39, 0.29) is 11.8 Å². The Balaban J connectivity index is 1.18. The van der Waals surface area contributed by atoms with Crippen LogP contribution in [0.5, 0.6) is 0 Å². The van der Waals surface area contributed by atoms with Crippen LogP contribution in [-0.2, 0) is 16.0 Å². The van der Waals surface area contributed by atoms with Gasteiger partial charge in [-0.2, -0.15) is 0 Å². The highest BCUT2D eigenvalue weighted by Gasteiger charge is 2.27. The van der Waals surface area contributed by atoms with E-state index in [4.69, 9.17) is 9.51 Å². The minimum atomic E-state index is -0.0933. The van der Waals surface area contributed by atoms with Gasteiger partial charge < -0.3 is 14.7 Å². The summed E-state index contributed by atoms with van der Waals surface area (Å²) in [5, 5.41) is 12.4. The number of amides is 2. The number of thiophene rings is 1. The number of rotatable bonds is 7. The molecule has 208 valence electrons. The second-order valence-electron chi connectivity index (χ2n) is 10.3. The highest BCUT2D eigenvalue weighted by molar-refractivity contribution is 7.10. The Morgan fingerprint density at radius 3 is 2.51 bits per heavy atom. The molecule has 0 atom stereocenters. The first kappa shape index (κ1) is 27.1. The van der Waals surface area contributed by atoms with Crippen LogP contribution in [0.15, 0.2) is 75.9 Å². The number of aryl methyl sites for hydroxylation is 1. The standard InChI is InChI=1S/C32H30N4O3S2/c1-20-30(28-19-41-32(34-28)23-12-14-36(15-13-23)29(38)18-27-7-4-16-40-27)31(35-39-20)25-6-3-5-24(17-25)22-8-10-26(11-9-22)33-21(2)37/h3-11,16-17,19,23H,12-15,18H2,1-2H3,(H,33,37). The van der Waals surface area contributed by atoms with Gasteiger partial charge >= 0.3 is 0 Å². The molecule has 41 heavy (non-hydrogen) atoms. The van der Waals surface area contributed by atoms with Crippen LogP contribution in [0.1, 0.15) is 41.3 Å². The molecular formula is C32H30N4O3S2. The monoisotopic (exact) mass is 582 g/mol. The van der Waals surface area contributed by atoms with Crippen molar-refractivity contribution < 1.29 is 14.1 Å². The van der Waals surface area contributed by atoms with Crippen molar-refractivity contribution in [2.24, 2.45) is 0 Å². The van der Waals surface area contributed by atoms with Gasteiger partial charge in [0.25, 0.3) is 0 Å². The van der Waals surface area contributed by atoms with Gasteiger partial charge in [0.1, 0.15) is 11.5 Å². The molecule has 0 aliphatic carbocycles. The lowest BCUT2D eigenvalue weighted by Crippen LogP contribution is -2.38. The molecule has 0 saturated carbocycles. The number of anilines is 1. The number of hydrogen-bond donors (Lipinski definition) is 1. The summed E-state index contributed by atoms with van der Waals surface area (Å²) < 4.78 is 5.67. The normalized spacial score (nSPS) is 13.9. The van der Waals surface area contributed by atoms with E-state index in [0.29, 0.717) is 12.3 Å². The van der Waals surface area contributed by atoms with Crippen LogP contribution in [0.25, 0.3) is 33.6 Å². The smallest absolute Gasteiger partial charge is 0.227 e. The lowest BCUT2D eigenvalue weighted by atomic mass is 9.97. The van der Waals surface area contributed by atoms with Gasteiger partial charge in [0.2, 0.25) is 11.8 Å². The Kier molecular flexibility index (Phi) is 7.80. The van der Waals surface area contributed by atoms with Crippen LogP contribution in [0.2, 0.25) is 0 Å². The zero-order valence-corrected chi connectivity index (χ0v) is 24.6. The zero-order valence-electron chi connectivity index (χ0n) is 22.9. The van der Waals surface area contributed by atoms with Crippen LogP contribution >= 0.6 is 22.7 Å². The Morgan fingerprint density at radius 2 is 1.78 bits per heavy atom. The third-order valence-electron chi connectivity index (χ3n) is 7.42. The van der Waals surface area contributed by atoms with Crippen molar-refractivity contribution in [3.05, 3.63) is 87.1 Å². The highest BCUT2D eigenvalue weighted by Crippen LogP contribution is 2.39. The Labute approximate surface area is 246 Å². The van der Waals surface area contributed by atoms with Crippen LogP contribution in [0.3, 0.4) is 0 Å². The van der Waals surface area contributed by atoms with Gasteiger partial charge in [0.15, 0.2) is 0 Å². The second kappa shape index (κ2) is 11.8. The number of hydrogen-bond acceptors (Lipinski definition) is 7. The molecule has 9 heteroatoms. The molecule has 2 aromatic carbocycles. The molecule has 5 aromatic rings. The van der Waals surface area contributed by atoms with Gasteiger partial charge in [0, 0.05) is 47.4 Å². The summed E-state index contributed by atoms with van der Waals surface area (Å²) in [6, 6.07) is 20.0. The predicted molar refractivity (Wildman–Crippen MR) is 164 cm³/mol. The Hall–Kier alpha value is -4.08. The molecule has 1 aliphatic heterocycles. The molecule has 4 heterocycles. The van der Waals surface area contributed by atoms with Crippen molar-refractivity contribution in [3.8, 4) is 33.6 Å². The number of nitrogens with zero attached hydrogens (tertiary/aromatic N) is 3. The number of carbonyl (C=O) groups is 2. The number of thiazole rings is 1. The second-order valence-corrected chi connectivity index (χ2v) is 12.2. The minimum Gasteiger partial charge on any atom is -0.360 e. The SMILES string of the molecule is CC(=O)Nc1ccc(-c2cccc(-c3noc(C)c3-c3csc(C4CCN(C(=O)Cc5cccs5)CC4)n3)c2)cc1. The fraction of sp³-hybridized carbons (Fsp3) is 0.250. The van der Waals surface area contributed by atoms with Crippen molar-refractivity contribution in [2.45, 2.75) is 39.0 Å². The quantitative estimate of drug-likeness (QED) is 0.216. The molecule has 0 spiro atoms. The summed E-state index contributed by atoms with van der Waals surface area (Å²) in [5.41, 5.74) is 6.36. The summed E-state index contributed by atoms with van der Waals surface area (Å²) in [7, 11) is 0. The molecular weight excluding hydrogens is 553 g/mol. The molecule has 1 N–H and O–H groups in total. The fourth-order valence-corrected chi connectivity index (χ4v) is 6.98. The van der Waals surface area contributed by atoms with Crippen molar-refractivity contribution in [1.29, 1.82) is 0 Å². The summed E-state index contributed by atoms with van der Waals surface area (Å²) >= 11 is 3.31. The lowest BCUT2D eigenvalue weighted by molar-refractivity contribution is -0.131. The maximum atomic E-state index is 12.7. The van der Waals surface area contributed by atoms with E-state index in [2.05, 4.69) is 28.0 Å². The van der Waals surface area contributed by atoms with Crippen molar-refractivity contribution in [1.82, 2.24) is 15.0 Å². The first-order chi connectivity index (χ1) is 19.9. The summed E-state index contributed by atoms with van der Waals surface area (Å²) in [5.74, 6) is 1.19. The molecule has 6 rings (SSSR count). The van der Waals surface area contributed by atoms with E-state index in [0.717, 1.165) is 80.9 Å². The van der Waals surface area contributed by atoms with Crippen LogP contribution < -0.4 is 5.32 Å². The first-order valence-corrected chi connectivity index (χ1v) is 15.4. The lowest BCUT2D eigenvalue weighted by Gasteiger charge is -2.31. The number of likely N-dealkylation sites (tertiary alicyclic amines) is 1. The summed E-state index contributed by atoms with van der Waals surface area (Å²) in [6.45, 7) is 4.95. The van der Waals surface area contributed by atoms with Gasteiger partial charge in [-0.3, -0.25) is 9.59 Å². The molecule has 0 bridgehead atoms. The van der Waals surface area contributed by atoms with E-state index in [1.54, 1.807) is 22.7 Å². The van der Waals surface area contributed by atoms with Gasteiger partial charge in [-0.05, 0) is 60.5 Å². The van der Waals surface area contributed by atoms with E-state index >= 15 is 0 Å². The average molecular weight is 583 g/mol. The van der Waals surface area contributed by atoms with E-state index in [9.17, 15) is 9.59 Å². The number of carbonyl (C=O) groups excluding carboxylic acids is 2. The maximum Gasteiger partial charge on any atom is 0.227 e. The third-order valence-corrected chi connectivity index (χ3v) is 9.30. The molecule has 1 fully saturated rings. The number of nitrogens with one attached hydrogen (secondary N) is 1. The molecule has 0 radical (unpaired) electrons. The Bertz CT molecular complexity index is 1660. The van der Waals surface area contributed by atoms with Crippen LogP contribution in [0, 0.1) is 6.92 Å². The molecule has 1 saturated heterocycles. The van der Waals surface area contributed by atoms with E-state index in [1.165, 1.54) is 6.92 Å². The number of aromatic nitrogens is 2. The minimum absolute atomic E-state index is 0.0933. The summed E-state index contributed by atoms with van der Waals surface area (Å²) in [4.78, 5) is 32.2. The van der Waals surface area contributed by atoms with Crippen molar-refractivity contribution >= 4 is 40.2 Å². The van der Waals surface area contributed by atoms with Crippen LogP contribution in [0.4, 0.5) is 5.69 Å². The van der Waals surface area contributed by atoms with Crippen LogP contribution in [-0.4, -0.2) is 39.9 Å². The van der Waals surface area contributed by atoms with Gasteiger partial charge in [-0.1, -0.05) is 41.6 Å². The number of piperidine rings is 1. The maximum absolute atomic E-state index is 12.7. The molecule has 2 amide bonds. The van der Waals surface area contributed by atoms with Crippen molar-refractivity contribution in [3.63, 3.8) is 0 Å². The number of benzene rings is 2. The molecule has 3 aromatic heterocycles. The largest absolute Gasteiger partial charge is 0.360 e. The first-order valence-electron chi connectivity index (χ1n) is 13.7. The van der Waals surface area contributed by atoms with Gasteiger partial charge in [-0.25, -0.2) is 4.98 Å². The van der Waals surface area contributed by atoms with E-state index in [1.807, 2.05) is 65.7 Å². The molecule has 0 unspecified atom stereocenters. The zero-order chi connectivity index (χ0) is 28.3. The average Bonchev–Trinajstić information content (AvgIpc) is 3.75. The summed E-state index contributed by atoms with van der Waals surface area (Å²) in [6.07, 6.45) is 2.33. The molecule has 1 aliphatic rings. The molecule has 7 nitrogen and oxygen atoms in total. The van der Waals surface area contributed by atoms with Crippen molar-refractivity contribution in [2.75, 3.05) is 18.4 Å². The highest BCUT2D eigenvalue weighted by atomic mass is 32.1. The van der Waals surface area contributed by atoms with Gasteiger partial charge in [-0.15, -0.1) is 22.7 Å². The van der Waals surface area contributed by atoms with E-state index < -0.39 is 0 Å². The van der Waals surface area contributed by atoms with Gasteiger partial charge in [0.05, 0.1) is 22.7 Å².